The average Bonchev–Trinajstić information content (AvgIpc) is 2.81. The largest absolute Gasteiger partial charge is 0.358 e. The molecule has 0 bridgehead atoms. The van der Waals surface area contributed by atoms with E-state index < -0.39 is 0 Å². The minimum Gasteiger partial charge on any atom is -0.358 e. The summed E-state index contributed by atoms with van der Waals surface area (Å²) in [6.45, 7) is 1.92. The van der Waals surface area contributed by atoms with Crippen LogP contribution in [0.1, 0.15) is 27.9 Å². The van der Waals surface area contributed by atoms with Crippen molar-refractivity contribution in [2.24, 2.45) is 0 Å². The Morgan fingerprint density at radius 2 is 2.18 bits per heavy atom. The van der Waals surface area contributed by atoms with Crippen molar-refractivity contribution >= 4 is 11.6 Å². The molecule has 0 saturated heterocycles. The number of anilines is 1. The van der Waals surface area contributed by atoms with Gasteiger partial charge in [0.05, 0.1) is 5.56 Å². The minimum atomic E-state index is -0.299. The summed E-state index contributed by atoms with van der Waals surface area (Å²) in [6.07, 6.45) is 3.09. The van der Waals surface area contributed by atoms with Gasteiger partial charge >= 0.3 is 0 Å². The molecule has 1 aromatic carbocycles. The number of carbonyl (C=O) groups is 1. The number of imidazole rings is 1. The molecular formula is C12H12N4O. The van der Waals surface area contributed by atoms with E-state index in [4.69, 9.17) is 0 Å². The van der Waals surface area contributed by atoms with Gasteiger partial charge in [-0.3, -0.25) is 4.79 Å². The number of hydrogen-bond acceptors (Lipinski definition) is 3. The normalized spacial score (nSPS) is 18.2. The monoisotopic (exact) mass is 228 g/mol. The van der Waals surface area contributed by atoms with Gasteiger partial charge in [0.1, 0.15) is 5.82 Å². The number of fused-ring (bicyclic) bond motifs is 1. The zero-order valence-corrected chi connectivity index (χ0v) is 9.32. The van der Waals surface area contributed by atoms with Crippen LogP contribution in [0.4, 0.5) is 5.69 Å². The highest BCUT2D eigenvalue weighted by Crippen LogP contribution is 2.27. The van der Waals surface area contributed by atoms with E-state index in [-0.39, 0.29) is 12.1 Å². The second kappa shape index (κ2) is 3.62. The fourth-order valence-corrected chi connectivity index (χ4v) is 2.06. The lowest BCUT2D eigenvalue weighted by Gasteiger charge is -2.27. The molecule has 1 amide bonds. The predicted octanol–water partition coefficient (Wildman–Crippen LogP) is 1.57. The summed E-state index contributed by atoms with van der Waals surface area (Å²) >= 11 is 0. The molecule has 1 aliphatic heterocycles. The maximum Gasteiger partial charge on any atom is 0.255 e. The topological polar surface area (TPSA) is 69.8 Å². The molecule has 1 aliphatic rings. The molecule has 0 radical (unpaired) electrons. The van der Waals surface area contributed by atoms with Gasteiger partial charge in [0.15, 0.2) is 6.17 Å². The number of hydrogen-bond donors (Lipinski definition) is 3. The molecule has 1 aromatic heterocycles. The lowest BCUT2D eigenvalue weighted by molar-refractivity contribution is 0.0933. The summed E-state index contributed by atoms with van der Waals surface area (Å²) in [7, 11) is 0. The first kappa shape index (κ1) is 9.89. The second-order valence-electron chi connectivity index (χ2n) is 4.02. The predicted molar refractivity (Wildman–Crippen MR) is 63.6 cm³/mol. The van der Waals surface area contributed by atoms with Crippen LogP contribution in [-0.2, 0) is 0 Å². The number of nitrogens with zero attached hydrogens (tertiary/aromatic N) is 1. The van der Waals surface area contributed by atoms with Crippen LogP contribution < -0.4 is 10.6 Å². The summed E-state index contributed by atoms with van der Waals surface area (Å²) in [4.78, 5) is 19.1. The van der Waals surface area contributed by atoms with Crippen LogP contribution in [0.5, 0.6) is 0 Å². The second-order valence-corrected chi connectivity index (χ2v) is 4.02. The number of carbonyl (C=O) groups excluding carboxylic acids is 1. The fraction of sp³-hybridized carbons (Fsp3) is 0.167. The number of rotatable bonds is 1. The van der Waals surface area contributed by atoms with Crippen LogP contribution in [0.25, 0.3) is 0 Å². The van der Waals surface area contributed by atoms with Crippen molar-refractivity contribution in [1.82, 2.24) is 15.3 Å². The number of aromatic nitrogens is 2. The van der Waals surface area contributed by atoms with Crippen LogP contribution in [0.15, 0.2) is 30.6 Å². The molecule has 86 valence electrons. The molecule has 0 aliphatic carbocycles. The lowest BCUT2D eigenvalue weighted by Crippen LogP contribution is -2.39. The number of benzene rings is 1. The molecule has 1 atom stereocenters. The van der Waals surface area contributed by atoms with Gasteiger partial charge in [0.2, 0.25) is 0 Å². The van der Waals surface area contributed by atoms with Gasteiger partial charge in [0.25, 0.3) is 5.91 Å². The van der Waals surface area contributed by atoms with Crippen LogP contribution >= 0.6 is 0 Å². The Bertz CT molecular complexity index is 562. The Morgan fingerprint density at radius 1 is 1.29 bits per heavy atom. The summed E-state index contributed by atoms with van der Waals surface area (Å²) in [5, 5.41) is 6.12. The first-order valence-corrected chi connectivity index (χ1v) is 5.42. The van der Waals surface area contributed by atoms with E-state index in [1.54, 1.807) is 12.4 Å². The number of aromatic amines is 1. The van der Waals surface area contributed by atoms with E-state index in [0.29, 0.717) is 11.4 Å². The van der Waals surface area contributed by atoms with Gasteiger partial charge in [0, 0.05) is 18.1 Å². The molecule has 2 heterocycles. The number of H-pyrrole nitrogens is 1. The maximum atomic E-state index is 12.0. The highest BCUT2D eigenvalue weighted by molar-refractivity contribution is 6.02. The third-order valence-corrected chi connectivity index (χ3v) is 2.87. The molecule has 0 fully saturated rings. The Kier molecular flexibility index (Phi) is 2.11. The summed E-state index contributed by atoms with van der Waals surface area (Å²) in [5.74, 6) is 0.628. The van der Waals surface area contributed by atoms with Crippen molar-refractivity contribution in [3.8, 4) is 0 Å². The zero-order chi connectivity index (χ0) is 11.8. The van der Waals surface area contributed by atoms with Gasteiger partial charge in [-0.2, -0.15) is 0 Å². The third-order valence-electron chi connectivity index (χ3n) is 2.87. The number of aryl methyl sites for hydroxylation is 1. The maximum absolute atomic E-state index is 12.0. The Balaban J connectivity index is 2.02. The molecule has 3 N–H and O–H groups in total. The smallest absolute Gasteiger partial charge is 0.255 e. The molecule has 17 heavy (non-hydrogen) atoms. The van der Waals surface area contributed by atoms with Crippen molar-refractivity contribution in [2.75, 3.05) is 5.32 Å². The molecule has 0 spiro atoms. The van der Waals surface area contributed by atoms with E-state index >= 15 is 0 Å². The van der Waals surface area contributed by atoms with E-state index in [9.17, 15) is 4.79 Å². The number of nitrogens with one attached hydrogen (secondary N) is 3. The standard InChI is InChI=1S/C12H12N4O/c1-7-3-2-4-8-9(7)12(17)16-11(15-8)10-13-5-6-14-10/h2-6,11,15H,1H3,(H,13,14)(H,16,17). The molecular weight excluding hydrogens is 216 g/mol. The van der Waals surface area contributed by atoms with E-state index in [1.807, 2.05) is 25.1 Å². The molecule has 0 saturated carbocycles. The highest BCUT2D eigenvalue weighted by atomic mass is 16.2. The first-order chi connectivity index (χ1) is 8.25. The summed E-state index contributed by atoms with van der Waals surface area (Å²) in [5.41, 5.74) is 2.51. The molecule has 1 unspecified atom stereocenters. The van der Waals surface area contributed by atoms with E-state index in [2.05, 4.69) is 20.6 Å². The average molecular weight is 228 g/mol. The van der Waals surface area contributed by atoms with Crippen molar-refractivity contribution < 1.29 is 4.79 Å². The number of amides is 1. The molecule has 5 nitrogen and oxygen atoms in total. The first-order valence-electron chi connectivity index (χ1n) is 5.42. The van der Waals surface area contributed by atoms with E-state index in [0.717, 1.165) is 11.3 Å². The summed E-state index contributed by atoms with van der Waals surface area (Å²) < 4.78 is 0. The van der Waals surface area contributed by atoms with Gasteiger partial charge in [-0.25, -0.2) is 4.98 Å². The fourth-order valence-electron chi connectivity index (χ4n) is 2.06. The van der Waals surface area contributed by atoms with Crippen molar-refractivity contribution in [2.45, 2.75) is 13.1 Å². The van der Waals surface area contributed by atoms with Crippen molar-refractivity contribution in [1.29, 1.82) is 0 Å². The molecule has 2 aromatic rings. The van der Waals surface area contributed by atoms with Gasteiger partial charge < -0.3 is 15.6 Å². The summed E-state index contributed by atoms with van der Waals surface area (Å²) in [6, 6.07) is 5.75. The van der Waals surface area contributed by atoms with Crippen LogP contribution in [0.2, 0.25) is 0 Å². The van der Waals surface area contributed by atoms with E-state index in [1.165, 1.54) is 0 Å². The lowest BCUT2D eigenvalue weighted by atomic mass is 10.0. The van der Waals surface area contributed by atoms with Gasteiger partial charge in [-0.05, 0) is 18.6 Å². The van der Waals surface area contributed by atoms with Gasteiger partial charge in [-0.15, -0.1) is 0 Å². The Labute approximate surface area is 98.3 Å². The van der Waals surface area contributed by atoms with Crippen LogP contribution in [-0.4, -0.2) is 15.9 Å². The van der Waals surface area contributed by atoms with Gasteiger partial charge in [-0.1, -0.05) is 12.1 Å². The van der Waals surface area contributed by atoms with Crippen LogP contribution in [0, 0.1) is 6.92 Å². The zero-order valence-electron chi connectivity index (χ0n) is 9.32. The third kappa shape index (κ3) is 1.56. The van der Waals surface area contributed by atoms with Crippen LogP contribution in [0.3, 0.4) is 0 Å². The SMILES string of the molecule is Cc1cccc2c1C(=O)NC(c1ncc[nH]1)N2. The van der Waals surface area contributed by atoms with Crippen molar-refractivity contribution in [3.05, 3.63) is 47.5 Å². The molecule has 3 rings (SSSR count). The Hall–Kier alpha value is -2.30. The Morgan fingerprint density at radius 3 is 2.94 bits per heavy atom. The van der Waals surface area contributed by atoms with Crippen molar-refractivity contribution in [3.63, 3.8) is 0 Å². The highest BCUT2D eigenvalue weighted by Gasteiger charge is 2.26. The molecule has 5 heteroatoms. The minimum absolute atomic E-state index is 0.0711. The quantitative estimate of drug-likeness (QED) is 0.694.